The highest BCUT2D eigenvalue weighted by Gasteiger charge is 2.29. The largest absolute Gasteiger partial charge is 0.379 e. The van der Waals surface area contributed by atoms with Crippen LogP contribution in [0, 0.1) is 5.41 Å². The molecule has 0 radical (unpaired) electrons. The molecule has 0 rings (SSSR count). The van der Waals surface area contributed by atoms with Crippen LogP contribution in [0.15, 0.2) is 0 Å². The predicted molar refractivity (Wildman–Crippen MR) is 71.8 cm³/mol. The number of rotatable bonds is 7. The fraction of sp³-hybridized carbons (Fsp3) is 1.00. The molecule has 0 aromatic carbocycles. The molecule has 0 aromatic rings. The molecular weight excluding hydrogens is 238 g/mol. The third kappa shape index (κ3) is 6.38. The Labute approximate surface area is 106 Å². The molecule has 0 aliphatic heterocycles. The molecule has 2 atom stereocenters. The van der Waals surface area contributed by atoms with Crippen LogP contribution >= 0.6 is 0 Å². The van der Waals surface area contributed by atoms with Gasteiger partial charge in [0.1, 0.15) is 9.84 Å². The minimum absolute atomic E-state index is 0.0300. The minimum atomic E-state index is -2.88. The van der Waals surface area contributed by atoms with Crippen LogP contribution in [-0.2, 0) is 14.6 Å². The van der Waals surface area contributed by atoms with Gasteiger partial charge in [0.05, 0.1) is 11.9 Å². The van der Waals surface area contributed by atoms with Gasteiger partial charge in [-0.05, 0) is 18.3 Å². The number of methoxy groups -OCH3 is 1. The van der Waals surface area contributed by atoms with E-state index in [1.54, 1.807) is 14.0 Å². The van der Waals surface area contributed by atoms with Crippen molar-refractivity contribution in [3.05, 3.63) is 0 Å². The summed E-state index contributed by atoms with van der Waals surface area (Å²) in [5.41, 5.74) is 6.04. The zero-order valence-corrected chi connectivity index (χ0v) is 12.5. The second kappa shape index (κ2) is 6.71. The SMILES string of the molecule is CCS(=O)(=O)CCCC(N)C(OC)C(C)(C)C. The van der Waals surface area contributed by atoms with E-state index in [9.17, 15) is 8.42 Å². The topological polar surface area (TPSA) is 69.4 Å². The zero-order valence-electron chi connectivity index (χ0n) is 11.7. The molecule has 104 valence electrons. The number of sulfone groups is 1. The molecule has 0 spiro atoms. The van der Waals surface area contributed by atoms with Gasteiger partial charge in [-0.15, -0.1) is 0 Å². The van der Waals surface area contributed by atoms with Crippen molar-refractivity contribution >= 4 is 9.84 Å². The summed E-state index contributed by atoms with van der Waals surface area (Å²) in [6.45, 7) is 7.89. The van der Waals surface area contributed by atoms with E-state index in [0.29, 0.717) is 12.8 Å². The highest BCUT2D eigenvalue weighted by atomic mass is 32.2. The number of hydrogen-bond acceptors (Lipinski definition) is 4. The van der Waals surface area contributed by atoms with E-state index in [1.807, 2.05) is 0 Å². The van der Waals surface area contributed by atoms with Crippen LogP contribution in [0.5, 0.6) is 0 Å². The Kier molecular flexibility index (Phi) is 6.66. The van der Waals surface area contributed by atoms with Gasteiger partial charge < -0.3 is 10.5 Å². The van der Waals surface area contributed by atoms with Gasteiger partial charge in [-0.2, -0.15) is 0 Å². The van der Waals surface area contributed by atoms with Crippen molar-refractivity contribution in [3.8, 4) is 0 Å². The summed E-state index contributed by atoms with van der Waals surface area (Å²) < 4.78 is 28.1. The van der Waals surface area contributed by atoms with Crippen molar-refractivity contribution in [1.29, 1.82) is 0 Å². The molecule has 5 heteroatoms. The van der Waals surface area contributed by atoms with Crippen LogP contribution in [0.4, 0.5) is 0 Å². The van der Waals surface area contributed by atoms with Crippen molar-refractivity contribution in [2.75, 3.05) is 18.6 Å². The maximum Gasteiger partial charge on any atom is 0.150 e. The Morgan fingerprint density at radius 3 is 2.18 bits per heavy atom. The molecule has 2 N–H and O–H groups in total. The van der Waals surface area contributed by atoms with Gasteiger partial charge in [0.2, 0.25) is 0 Å². The highest BCUT2D eigenvalue weighted by Crippen LogP contribution is 2.25. The van der Waals surface area contributed by atoms with Crippen LogP contribution < -0.4 is 5.73 Å². The lowest BCUT2D eigenvalue weighted by atomic mass is 9.83. The zero-order chi connectivity index (χ0) is 13.7. The van der Waals surface area contributed by atoms with Crippen molar-refractivity contribution in [3.63, 3.8) is 0 Å². The van der Waals surface area contributed by atoms with E-state index in [-0.39, 0.29) is 29.1 Å². The van der Waals surface area contributed by atoms with E-state index in [0.717, 1.165) is 0 Å². The average molecular weight is 265 g/mol. The number of ether oxygens (including phenoxy) is 1. The van der Waals surface area contributed by atoms with E-state index < -0.39 is 9.84 Å². The molecule has 0 bridgehead atoms. The van der Waals surface area contributed by atoms with E-state index in [1.165, 1.54) is 0 Å². The van der Waals surface area contributed by atoms with Gasteiger partial charge in [0, 0.05) is 18.9 Å². The Hall–Kier alpha value is -0.130. The average Bonchev–Trinajstić information content (AvgIpc) is 2.16. The molecule has 0 heterocycles. The molecular formula is C12H27NO3S. The summed E-state index contributed by atoms with van der Waals surface area (Å²) in [5.74, 6) is 0.424. The summed E-state index contributed by atoms with van der Waals surface area (Å²) in [6.07, 6.45) is 1.23. The van der Waals surface area contributed by atoms with E-state index in [4.69, 9.17) is 10.5 Å². The van der Waals surface area contributed by atoms with Crippen LogP contribution in [0.25, 0.3) is 0 Å². The molecule has 17 heavy (non-hydrogen) atoms. The highest BCUT2D eigenvalue weighted by molar-refractivity contribution is 7.91. The minimum Gasteiger partial charge on any atom is -0.379 e. The molecule has 0 aromatic heterocycles. The first-order valence-electron chi connectivity index (χ1n) is 6.13. The van der Waals surface area contributed by atoms with Crippen molar-refractivity contribution in [2.45, 2.75) is 52.7 Å². The molecule has 0 aliphatic rings. The Morgan fingerprint density at radius 1 is 1.29 bits per heavy atom. The molecule has 0 saturated heterocycles. The number of nitrogens with two attached hydrogens (primary N) is 1. The summed E-state index contributed by atoms with van der Waals surface area (Å²) in [4.78, 5) is 0. The number of hydrogen-bond donors (Lipinski definition) is 1. The molecule has 0 amide bonds. The summed E-state index contributed by atoms with van der Waals surface area (Å²) >= 11 is 0. The lowest BCUT2D eigenvalue weighted by molar-refractivity contribution is -0.00365. The molecule has 4 nitrogen and oxygen atoms in total. The third-order valence-corrected chi connectivity index (χ3v) is 4.72. The summed E-state index contributed by atoms with van der Waals surface area (Å²) in [5, 5.41) is 0. The van der Waals surface area contributed by atoms with Gasteiger partial charge >= 0.3 is 0 Å². The second-order valence-corrected chi connectivity index (χ2v) is 8.04. The maximum absolute atomic E-state index is 11.3. The van der Waals surface area contributed by atoms with Crippen molar-refractivity contribution in [2.24, 2.45) is 11.1 Å². The first-order chi connectivity index (χ1) is 7.64. The Morgan fingerprint density at radius 2 is 1.82 bits per heavy atom. The van der Waals surface area contributed by atoms with Gasteiger partial charge in [-0.25, -0.2) is 8.42 Å². The Bertz CT molecular complexity index is 306. The normalized spacial score (nSPS) is 16.8. The monoisotopic (exact) mass is 265 g/mol. The van der Waals surface area contributed by atoms with Gasteiger partial charge in [0.25, 0.3) is 0 Å². The van der Waals surface area contributed by atoms with Crippen LogP contribution in [0.1, 0.15) is 40.5 Å². The van der Waals surface area contributed by atoms with Crippen LogP contribution in [-0.4, -0.2) is 39.2 Å². The maximum atomic E-state index is 11.3. The molecule has 0 saturated carbocycles. The fourth-order valence-corrected chi connectivity index (χ4v) is 2.90. The van der Waals surface area contributed by atoms with Crippen molar-refractivity contribution in [1.82, 2.24) is 0 Å². The second-order valence-electron chi connectivity index (χ2n) is 5.56. The van der Waals surface area contributed by atoms with E-state index in [2.05, 4.69) is 20.8 Å². The van der Waals surface area contributed by atoms with Gasteiger partial charge in [-0.3, -0.25) is 0 Å². The Balaban J connectivity index is 4.22. The fourth-order valence-electron chi connectivity index (χ4n) is 2.01. The smallest absolute Gasteiger partial charge is 0.150 e. The summed E-state index contributed by atoms with van der Waals surface area (Å²) in [6, 6.07) is -0.118. The standard InChI is InChI=1S/C12H27NO3S/c1-6-17(14,15)9-7-8-10(13)11(16-5)12(2,3)4/h10-11H,6-9,13H2,1-5H3. The van der Waals surface area contributed by atoms with E-state index >= 15 is 0 Å². The van der Waals surface area contributed by atoms with Crippen LogP contribution in [0.3, 0.4) is 0 Å². The molecule has 2 unspecified atom stereocenters. The van der Waals surface area contributed by atoms with Crippen LogP contribution in [0.2, 0.25) is 0 Å². The first-order valence-corrected chi connectivity index (χ1v) is 7.95. The predicted octanol–water partition coefficient (Wildman–Crippen LogP) is 1.59. The summed E-state index contributed by atoms with van der Waals surface area (Å²) in [7, 11) is -1.23. The quantitative estimate of drug-likeness (QED) is 0.759. The molecule has 0 fully saturated rings. The third-order valence-electron chi connectivity index (χ3n) is 2.93. The van der Waals surface area contributed by atoms with Crippen molar-refractivity contribution < 1.29 is 13.2 Å². The molecule has 0 aliphatic carbocycles. The first kappa shape index (κ1) is 16.9. The van der Waals surface area contributed by atoms with Gasteiger partial charge in [-0.1, -0.05) is 27.7 Å². The lowest BCUT2D eigenvalue weighted by Gasteiger charge is -2.34. The lowest BCUT2D eigenvalue weighted by Crippen LogP contribution is -2.44. The van der Waals surface area contributed by atoms with Gasteiger partial charge in [0.15, 0.2) is 0 Å².